The molecule has 3 rings (SSSR count). The minimum Gasteiger partial charge on any atom is -0.456 e. The van der Waals surface area contributed by atoms with E-state index in [2.05, 4.69) is 15.3 Å². The monoisotopic (exact) mass is 395 g/mol. The van der Waals surface area contributed by atoms with Crippen molar-refractivity contribution in [1.29, 1.82) is 0 Å². The number of hydrogen-bond donors (Lipinski definition) is 1. The molecule has 0 bridgehead atoms. The molecule has 1 aromatic heterocycles. The summed E-state index contributed by atoms with van der Waals surface area (Å²) in [6, 6.07) is 13.0. The smallest absolute Gasteiger partial charge is 0.340 e. The Morgan fingerprint density at radius 2 is 1.75 bits per heavy atom. The number of rotatable bonds is 4. The molecule has 0 saturated carbocycles. The molecular weight excluding hydrogens is 374 g/mol. The zero-order chi connectivity index (χ0) is 20.3. The highest BCUT2D eigenvalue weighted by Crippen LogP contribution is 2.27. The number of esters is 1. The lowest BCUT2D eigenvalue weighted by atomic mass is 10.1. The number of carbonyl (C=O) groups is 1. The number of aryl methyl sites for hydroxylation is 1. The number of ether oxygens (including phenoxy) is 1. The van der Waals surface area contributed by atoms with Crippen LogP contribution in [0.3, 0.4) is 0 Å². The highest BCUT2D eigenvalue weighted by atomic mass is 35.5. The van der Waals surface area contributed by atoms with Gasteiger partial charge in [0.25, 0.3) is 0 Å². The van der Waals surface area contributed by atoms with Gasteiger partial charge in [0.15, 0.2) is 5.82 Å². The van der Waals surface area contributed by atoms with Gasteiger partial charge in [-0.05, 0) is 52.0 Å². The van der Waals surface area contributed by atoms with E-state index in [0.29, 0.717) is 27.8 Å². The Labute approximate surface area is 169 Å². The number of carbonyl (C=O) groups excluding carboxylic acids is 1. The predicted octanol–water partition coefficient (Wildman–Crippen LogP) is 5.80. The number of benzene rings is 2. The van der Waals surface area contributed by atoms with E-state index in [-0.39, 0.29) is 5.97 Å². The molecule has 144 valence electrons. The third-order valence-corrected chi connectivity index (χ3v) is 4.17. The van der Waals surface area contributed by atoms with E-state index in [4.69, 9.17) is 16.3 Å². The van der Waals surface area contributed by atoms with Crippen molar-refractivity contribution in [2.45, 2.75) is 33.3 Å². The third-order valence-electron chi connectivity index (χ3n) is 3.84. The molecule has 5 nitrogen and oxygen atoms in total. The van der Waals surface area contributed by atoms with Gasteiger partial charge in [-0.2, -0.15) is 0 Å². The van der Waals surface area contributed by atoms with Gasteiger partial charge in [0.05, 0.1) is 34.4 Å². The van der Waals surface area contributed by atoms with Crippen molar-refractivity contribution in [3.05, 3.63) is 71.0 Å². The largest absolute Gasteiger partial charge is 0.456 e. The predicted molar refractivity (Wildman–Crippen MR) is 112 cm³/mol. The van der Waals surface area contributed by atoms with Crippen LogP contribution in [0.2, 0.25) is 5.02 Å². The molecule has 1 N–H and O–H groups in total. The minimum atomic E-state index is -0.572. The van der Waals surface area contributed by atoms with Crippen LogP contribution in [0.1, 0.15) is 36.7 Å². The van der Waals surface area contributed by atoms with Crippen LogP contribution in [0, 0.1) is 6.92 Å². The lowest BCUT2D eigenvalue weighted by molar-refractivity contribution is 0.00706. The maximum Gasteiger partial charge on any atom is 0.340 e. The van der Waals surface area contributed by atoms with Gasteiger partial charge in [0, 0.05) is 5.56 Å². The first-order chi connectivity index (χ1) is 13.2. The second kappa shape index (κ2) is 7.98. The standard InChI is InChI=1S/C22H22ClN3O2/c1-14-9-10-19(17(11-14)21(27)28-22(2,3)4)26-15-12-24-20(25-13-15)16-7-5-6-8-18(16)23/h5-13,26H,1-4H3. The Bertz CT molecular complexity index is 995. The van der Waals surface area contributed by atoms with Crippen LogP contribution >= 0.6 is 11.6 Å². The van der Waals surface area contributed by atoms with Gasteiger partial charge >= 0.3 is 5.97 Å². The minimum absolute atomic E-state index is 0.382. The zero-order valence-corrected chi connectivity index (χ0v) is 17.0. The van der Waals surface area contributed by atoms with Crippen LogP contribution in [0.15, 0.2) is 54.9 Å². The van der Waals surface area contributed by atoms with Gasteiger partial charge in [0.2, 0.25) is 0 Å². The lowest BCUT2D eigenvalue weighted by Gasteiger charge is -2.21. The molecule has 0 spiro atoms. The summed E-state index contributed by atoms with van der Waals surface area (Å²) in [5, 5.41) is 3.79. The van der Waals surface area contributed by atoms with E-state index in [0.717, 1.165) is 11.1 Å². The van der Waals surface area contributed by atoms with Crippen molar-refractivity contribution in [2.75, 3.05) is 5.32 Å². The van der Waals surface area contributed by atoms with Gasteiger partial charge in [-0.3, -0.25) is 0 Å². The second-order valence-corrected chi connectivity index (χ2v) is 7.86. The molecule has 2 aromatic carbocycles. The molecule has 0 fully saturated rings. The average Bonchev–Trinajstić information content (AvgIpc) is 2.63. The molecule has 0 amide bonds. The summed E-state index contributed by atoms with van der Waals surface area (Å²) in [5.74, 6) is 0.153. The first kappa shape index (κ1) is 19.8. The van der Waals surface area contributed by atoms with E-state index >= 15 is 0 Å². The second-order valence-electron chi connectivity index (χ2n) is 7.45. The fourth-order valence-corrected chi connectivity index (χ4v) is 2.82. The molecule has 0 saturated heterocycles. The Morgan fingerprint density at radius 3 is 2.39 bits per heavy atom. The van der Waals surface area contributed by atoms with Crippen molar-refractivity contribution in [3.8, 4) is 11.4 Å². The molecule has 3 aromatic rings. The number of hydrogen-bond acceptors (Lipinski definition) is 5. The van der Waals surface area contributed by atoms with Crippen molar-refractivity contribution < 1.29 is 9.53 Å². The van der Waals surface area contributed by atoms with E-state index in [9.17, 15) is 4.79 Å². The summed E-state index contributed by atoms with van der Waals surface area (Å²) in [4.78, 5) is 21.4. The number of nitrogens with zero attached hydrogens (tertiary/aromatic N) is 2. The molecule has 0 atom stereocenters. The van der Waals surface area contributed by atoms with Crippen molar-refractivity contribution >= 4 is 28.9 Å². The molecule has 0 aliphatic carbocycles. The van der Waals surface area contributed by atoms with E-state index in [1.165, 1.54) is 0 Å². The van der Waals surface area contributed by atoms with E-state index in [1.54, 1.807) is 24.5 Å². The van der Waals surface area contributed by atoms with Crippen LogP contribution in [0.4, 0.5) is 11.4 Å². The summed E-state index contributed by atoms with van der Waals surface area (Å²) < 4.78 is 5.52. The average molecular weight is 396 g/mol. The quantitative estimate of drug-likeness (QED) is 0.565. The zero-order valence-electron chi connectivity index (χ0n) is 16.3. The van der Waals surface area contributed by atoms with Crippen LogP contribution < -0.4 is 5.32 Å². The van der Waals surface area contributed by atoms with Crippen LogP contribution in [0.5, 0.6) is 0 Å². The molecule has 6 heteroatoms. The molecule has 0 aliphatic rings. The Kier molecular flexibility index (Phi) is 5.66. The molecule has 28 heavy (non-hydrogen) atoms. The summed E-state index contributed by atoms with van der Waals surface area (Å²) in [7, 11) is 0. The molecule has 0 unspecified atom stereocenters. The molecular formula is C22H22ClN3O2. The topological polar surface area (TPSA) is 64.1 Å². The molecule has 0 aliphatic heterocycles. The molecule has 1 heterocycles. The number of aromatic nitrogens is 2. The Hall–Kier alpha value is -2.92. The summed E-state index contributed by atoms with van der Waals surface area (Å²) in [6.07, 6.45) is 3.31. The van der Waals surface area contributed by atoms with E-state index < -0.39 is 5.60 Å². The van der Waals surface area contributed by atoms with Crippen LogP contribution in [-0.4, -0.2) is 21.5 Å². The first-order valence-corrected chi connectivity index (χ1v) is 9.29. The Morgan fingerprint density at radius 1 is 1.07 bits per heavy atom. The normalized spacial score (nSPS) is 11.2. The van der Waals surface area contributed by atoms with Gasteiger partial charge in [-0.25, -0.2) is 14.8 Å². The van der Waals surface area contributed by atoms with Crippen molar-refractivity contribution in [2.24, 2.45) is 0 Å². The van der Waals surface area contributed by atoms with E-state index in [1.807, 2.05) is 58.0 Å². The highest BCUT2D eigenvalue weighted by molar-refractivity contribution is 6.33. The summed E-state index contributed by atoms with van der Waals surface area (Å²) in [6.45, 7) is 7.46. The maximum absolute atomic E-state index is 12.6. The lowest BCUT2D eigenvalue weighted by Crippen LogP contribution is -2.24. The number of nitrogens with one attached hydrogen (secondary N) is 1. The van der Waals surface area contributed by atoms with Crippen LogP contribution in [-0.2, 0) is 4.74 Å². The van der Waals surface area contributed by atoms with Crippen molar-refractivity contribution in [3.63, 3.8) is 0 Å². The number of halogens is 1. The first-order valence-electron chi connectivity index (χ1n) is 8.91. The number of anilines is 2. The SMILES string of the molecule is Cc1ccc(Nc2cnc(-c3ccccc3Cl)nc2)c(C(=O)OC(C)(C)C)c1. The van der Waals surface area contributed by atoms with Crippen LogP contribution in [0.25, 0.3) is 11.4 Å². The summed E-state index contributed by atoms with van der Waals surface area (Å²) in [5.41, 5.74) is 2.92. The Balaban J connectivity index is 1.86. The highest BCUT2D eigenvalue weighted by Gasteiger charge is 2.21. The summed E-state index contributed by atoms with van der Waals surface area (Å²) >= 11 is 6.20. The fraction of sp³-hybridized carbons (Fsp3) is 0.227. The van der Waals surface area contributed by atoms with Gasteiger partial charge in [-0.15, -0.1) is 0 Å². The van der Waals surface area contributed by atoms with Crippen molar-refractivity contribution in [1.82, 2.24) is 9.97 Å². The van der Waals surface area contributed by atoms with Gasteiger partial charge < -0.3 is 10.1 Å². The fourth-order valence-electron chi connectivity index (χ4n) is 2.60. The maximum atomic E-state index is 12.6. The third kappa shape index (κ3) is 4.87. The van der Waals surface area contributed by atoms with Gasteiger partial charge in [0.1, 0.15) is 5.60 Å². The van der Waals surface area contributed by atoms with Gasteiger partial charge in [-0.1, -0.05) is 35.4 Å². The molecule has 0 radical (unpaired) electrons.